The van der Waals surface area contributed by atoms with Crippen LogP contribution >= 0.6 is 27.5 Å². The van der Waals surface area contributed by atoms with Crippen LogP contribution in [0.1, 0.15) is 18.1 Å². The first kappa shape index (κ1) is 15.2. The second-order valence-corrected chi connectivity index (χ2v) is 4.83. The fourth-order valence-electron chi connectivity index (χ4n) is 1.58. The Hall–Kier alpha value is -0.870. The highest BCUT2D eigenvalue weighted by Gasteiger charge is 2.14. The van der Waals surface area contributed by atoms with Crippen molar-refractivity contribution in [3.05, 3.63) is 33.8 Å². The van der Waals surface area contributed by atoms with Crippen LogP contribution in [0.25, 0.3) is 0 Å². The van der Waals surface area contributed by atoms with Gasteiger partial charge in [0.05, 0.1) is 18.9 Å². The summed E-state index contributed by atoms with van der Waals surface area (Å²) in [4.78, 5) is 22.9. The van der Waals surface area contributed by atoms with Crippen molar-refractivity contribution >= 4 is 39.3 Å². The second-order valence-electron chi connectivity index (χ2n) is 3.71. The number of alkyl halides is 1. The Balaban J connectivity index is 2.93. The van der Waals surface area contributed by atoms with Crippen LogP contribution in [0.15, 0.2) is 22.7 Å². The number of rotatable bonds is 6. The van der Waals surface area contributed by atoms with E-state index in [2.05, 4.69) is 15.9 Å². The lowest BCUT2D eigenvalue weighted by atomic mass is 10.0. The molecule has 0 aliphatic rings. The van der Waals surface area contributed by atoms with Crippen molar-refractivity contribution in [2.24, 2.45) is 0 Å². The molecule has 18 heavy (non-hydrogen) atoms. The molecular weight excluding hydrogens is 319 g/mol. The van der Waals surface area contributed by atoms with Gasteiger partial charge in [-0.3, -0.25) is 9.59 Å². The average Bonchev–Trinajstić information content (AvgIpc) is 2.33. The Morgan fingerprint density at radius 3 is 2.67 bits per heavy atom. The number of carbonyl (C=O) groups is 2. The van der Waals surface area contributed by atoms with E-state index in [0.717, 1.165) is 15.6 Å². The Labute approximate surface area is 120 Å². The van der Waals surface area contributed by atoms with Crippen molar-refractivity contribution in [2.45, 2.75) is 19.8 Å². The van der Waals surface area contributed by atoms with Crippen LogP contribution in [0.2, 0.25) is 0 Å². The third-order valence-corrected chi connectivity index (χ3v) is 3.42. The maximum absolute atomic E-state index is 11.5. The number of carbonyl (C=O) groups excluding carboxylic acids is 2. The molecule has 0 N–H and O–H groups in total. The minimum atomic E-state index is -0.302. The van der Waals surface area contributed by atoms with Gasteiger partial charge in [0.2, 0.25) is 0 Å². The van der Waals surface area contributed by atoms with E-state index in [1.54, 1.807) is 6.92 Å². The predicted octanol–water partition coefficient (Wildman–Crippen LogP) is 2.91. The van der Waals surface area contributed by atoms with Gasteiger partial charge in [-0.2, -0.15) is 0 Å². The molecule has 0 fully saturated rings. The number of ether oxygens (including phenoxy) is 1. The molecule has 98 valence electrons. The molecule has 0 spiro atoms. The predicted molar refractivity (Wildman–Crippen MR) is 73.9 cm³/mol. The molecule has 0 heterocycles. The van der Waals surface area contributed by atoms with E-state index >= 15 is 0 Å². The lowest BCUT2D eigenvalue weighted by molar-refractivity contribution is -0.142. The van der Waals surface area contributed by atoms with E-state index in [1.807, 2.05) is 18.2 Å². The van der Waals surface area contributed by atoms with Gasteiger partial charge >= 0.3 is 5.97 Å². The summed E-state index contributed by atoms with van der Waals surface area (Å²) in [5.41, 5.74) is 1.59. The molecule has 0 saturated carbocycles. The molecule has 3 nitrogen and oxygen atoms in total. The third-order valence-electron chi connectivity index (χ3n) is 2.38. The van der Waals surface area contributed by atoms with Gasteiger partial charge in [-0.05, 0) is 24.1 Å². The number of Topliss-reactive ketones (excluding diaryl/α,β-unsaturated/α-hetero) is 1. The average molecular weight is 334 g/mol. The maximum Gasteiger partial charge on any atom is 0.310 e. The van der Waals surface area contributed by atoms with Gasteiger partial charge in [-0.15, -0.1) is 11.6 Å². The molecule has 1 rings (SSSR count). The summed E-state index contributed by atoms with van der Waals surface area (Å²) < 4.78 is 5.72. The lowest BCUT2D eigenvalue weighted by Gasteiger charge is -2.10. The first-order valence-corrected chi connectivity index (χ1v) is 6.90. The SMILES string of the molecule is CCOC(=O)Cc1c(Br)cccc1CC(=O)CCl. The van der Waals surface area contributed by atoms with Crippen LogP contribution in [-0.2, 0) is 27.2 Å². The standard InChI is InChI=1S/C13H14BrClO3/c1-2-18-13(17)7-11-9(6-10(16)8-15)4-3-5-12(11)14/h3-5H,2,6-8H2,1H3. The Morgan fingerprint density at radius 2 is 2.06 bits per heavy atom. The quantitative estimate of drug-likeness (QED) is 0.594. The maximum atomic E-state index is 11.5. The van der Waals surface area contributed by atoms with Gasteiger partial charge in [0, 0.05) is 10.9 Å². The molecule has 0 saturated heterocycles. The zero-order valence-electron chi connectivity index (χ0n) is 10.0. The number of ketones is 1. The van der Waals surface area contributed by atoms with Crippen LogP contribution in [0, 0.1) is 0 Å². The molecule has 0 bridgehead atoms. The molecule has 0 radical (unpaired) electrons. The van der Waals surface area contributed by atoms with Crippen molar-refractivity contribution in [3.8, 4) is 0 Å². The third kappa shape index (κ3) is 4.42. The van der Waals surface area contributed by atoms with Gasteiger partial charge < -0.3 is 4.74 Å². The number of hydrogen-bond acceptors (Lipinski definition) is 3. The van der Waals surface area contributed by atoms with Crippen LogP contribution < -0.4 is 0 Å². The van der Waals surface area contributed by atoms with Gasteiger partial charge in [0.15, 0.2) is 5.78 Å². The summed E-state index contributed by atoms with van der Waals surface area (Å²) in [6, 6.07) is 5.49. The van der Waals surface area contributed by atoms with Crippen LogP contribution in [0.3, 0.4) is 0 Å². The molecular formula is C13H14BrClO3. The second kappa shape index (κ2) is 7.54. The monoisotopic (exact) mass is 332 g/mol. The molecule has 1 aromatic rings. The summed E-state index contributed by atoms with van der Waals surface area (Å²) >= 11 is 8.88. The van der Waals surface area contributed by atoms with Gasteiger partial charge in [0.25, 0.3) is 0 Å². The number of hydrogen-bond donors (Lipinski definition) is 0. The zero-order chi connectivity index (χ0) is 13.5. The fraction of sp³-hybridized carbons (Fsp3) is 0.385. The topological polar surface area (TPSA) is 43.4 Å². The molecule has 0 aliphatic carbocycles. The minimum absolute atomic E-state index is 0.0225. The van der Waals surface area contributed by atoms with Crippen molar-refractivity contribution < 1.29 is 14.3 Å². The summed E-state index contributed by atoms with van der Waals surface area (Å²) in [5, 5.41) is 0. The van der Waals surface area contributed by atoms with Crippen LogP contribution in [-0.4, -0.2) is 24.2 Å². The van der Waals surface area contributed by atoms with Crippen molar-refractivity contribution in [1.29, 1.82) is 0 Å². The largest absolute Gasteiger partial charge is 0.466 e. The van der Waals surface area contributed by atoms with Crippen LogP contribution in [0.5, 0.6) is 0 Å². The highest BCUT2D eigenvalue weighted by Crippen LogP contribution is 2.22. The highest BCUT2D eigenvalue weighted by molar-refractivity contribution is 9.10. The highest BCUT2D eigenvalue weighted by atomic mass is 79.9. The van der Waals surface area contributed by atoms with E-state index in [9.17, 15) is 9.59 Å². The molecule has 0 atom stereocenters. The summed E-state index contributed by atoms with van der Waals surface area (Å²) in [7, 11) is 0. The molecule has 5 heteroatoms. The minimum Gasteiger partial charge on any atom is -0.466 e. The summed E-state index contributed by atoms with van der Waals surface area (Å²) in [6.07, 6.45) is 0.387. The van der Waals surface area contributed by atoms with Gasteiger partial charge in [0.1, 0.15) is 0 Å². The Bertz CT molecular complexity index is 446. The van der Waals surface area contributed by atoms with Gasteiger partial charge in [-0.25, -0.2) is 0 Å². The van der Waals surface area contributed by atoms with Crippen molar-refractivity contribution in [2.75, 3.05) is 12.5 Å². The molecule has 0 aromatic heterocycles. The zero-order valence-corrected chi connectivity index (χ0v) is 12.4. The smallest absolute Gasteiger partial charge is 0.310 e. The van der Waals surface area contributed by atoms with E-state index in [-0.39, 0.29) is 30.5 Å². The fourth-order valence-corrected chi connectivity index (χ4v) is 2.22. The lowest BCUT2D eigenvalue weighted by Crippen LogP contribution is -2.12. The van der Waals surface area contributed by atoms with Gasteiger partial charge in [-0.1, -0.05) is 28.1 Å². The van der Waals surface area contributed by atoms with E-state index < -0.39 is 0 Å². The van der Waals surface area contributed by atoms with Crippen molar-refractivity contribution in [1.82, 2.24) is 0 Å². The normalized spacial score (nSPS) is 10.2. The first-order valence-electron chi connectivity index (χ1n) is 5.58. The van der Waals surface area contributed by atoms with Crippen LogP contribution in [0.4, 0.5) is 0 Å². The number of benzene rings is 1. The number of esters is 1. The molecule has 0 amide bonds. The van der Waals surface area contributed by atoms with Crippen molar-refractivity contribution in [3.63, 3.8) is 0 Å². The molecule has 1 aromatic carbocycles. The Kier molecular flexibility index (Phi) is 6.36. The van der Waals surface area contributed by atoms with E-state index in [1.165, 1.54) is 0 Å². The molecule has 0 aliphatic heterocycles. The Morgan fingerprint density at radius 1 is 1.33 bits per heavy atom. The number of halogens is 2. The van der Waals surface area contributed by atoms with E-state index in [0.29, 0.717) is 6.61 Å². The van der Waals surface area contributed by atoms with E-state index in [4.69, 9.17) is 16.3 Å². The summed E-state index contributed by atoms with van der Waals surface area (Å²) in [5.74, 6) is -0.394. The first-order chi connectivity index (χ1) is 8.58. The summed E-state index contributed by atoms with van der Waals surface area (Å²) in [6.45, 7) is 2.11. The molecule has 0 unspecified atom stereocenters.